The number of rotatable bonds is 8. The predicted molar refractivity (Wildman–Crippen MR) is 168 cm³/mol. The van der Waals surface area contributed by atoms with E-state index in [9.17, 15) is 9.59 Å². The second kappa shape index (κ2) is 12.7. The molecule has 9 heteroatoms. The summed E-state index contributed by atoms with van der Waals surface area (Å²) >= 11 is 13.4. The van der Waals surface area contributed by atoms with E-state index in [0.29, 0.717) is 48.9 Å². The summed E-state index contributed by atoms with van der Waals surface area (Å²) in [5, 5.41) is 0.978. The molecule has 1 aliphatic rings. The summed E-state index contributed by atoms with van der Waals surface area (Å²) in [7, 11) is 0. The Morgan fingerprint density at radius 1 is 1.05 bits per heavy atom. The number of fused-ring (bicyclic) bond motifs is 1. The highest BCUT2D eigenvalue weighted by Crippen LogP contribution is 2.31. The number of carbonyl (C=O) groups is 1. The number of benzene rings is 3. The first kappa shape index (κ1) is 29.8. The quantitative estimate of drug-likeness (QED) is 0.203. The van der Waals surface area contributed by atoms with Crippen LogP contribution in [0.15, 0.2) is 87.8 Å². The van der Waals surface area contributed by atoms with Crippen molar-refractivity contribution in [3.05, 3.63) is 130 Å². The molecule has 0 spiro atoms. The number of aromatic nitrogens is 1. The van der Waals surface area contributed by atoms with Crippen molar-refractivity contribution in [2.45, 2.75) is 46.3 Å². The number of hydrogen-bond acceptors (Lipinski definition) is 6. The lowest BCUT2D eigenvalue weighted by Gasteiger charge is -2.25. The molecule has 0 amide bonds. The maximum Gasteiger partial charge on any atom is 0.338 e. The number of thiazole rings is 1. The number of hydrogen-bond donors (Lipinski definition) is 0. The third-order valence-electron chi connectivity index (χ3n) is 7.00. The van der Waals surface area contributed by atoms with Gasteiger partial charge in [-0.05, 0) is 72.4 Å². The predicted octanol–water partition coefficient (Wildman–Crippen LogP) is 6.81. The van der Waals surface area contributed by atoms with Crippen LogP contribution < -0.4 is 19.6 Å². The second-order valence-electron chi connectivity index (χ2n) is 10.2. The Hall–Kier alpha value is -3.65. The zero-order valence-electron chi connectivity index (χ0n) is 23.7. The molecular weight excluding hydrogens is 591 g/mol. The molecule has 2 heterocycles. The van der Waals surface area contributed by atoms with Crippen molar-refractivity contribution in [2.24, 2.45) is 4.99 Å². The molecular formula is C33H30Cl2N2O4S. The van der Waals surface area contributed by atoms with Gasteiger partial charge in [0.1, 0.15) is 12.4 Å². The molecule has 0 unspecified atom stereocenters. The molecule has 0 bridgehead atoms. The van der Waals surface area contributed by atoms with Crippen molar-refractivity contribution < 1.29 is 14.3 Å². The van der Waals surface area contributed by atoms with Crippen LogP contribution in [0, 0.1) is 0 Å². The highest BCUT2D eigenvalue weighted by atomic mass is 35.5. The number of allylic oxidation sites excluding steroid dienone is 1. The van der Waals surface area contributed by atoms with Gasteiger partial charge in [0.25, 0.3) is 5.56 Å². The maximum atomic E-state index is 13.8. The minimum absolute atomic E-state index is 0.217. The van der Waals surface area contributed by atoms with E-state index in [2.05, 4.69) is 18.8 Å². The second-order valence-corrected chi connectivity index (χ2v) is 12.1. The molecule has 216 valence electrons. The topological polar surface area (TPSA) is 69.9 Å². The third-order valence-corrected chi connectivity index (χ3v) is 8.73. The van der Waals surface area contributed by atoms with E-state index < -0.39 is 12.0 Å². The van der Waals surface area contributed by atoms with Gasteiger partial charge in [-0.2, -0.15) is 0 Å². The van der Waals surface area contributed by atoms with E-state index in [4.69, 9.17) is 32.7 Å². The molecule has 6 nitrogen and oxygen atoms in total. The molecule has 0 fully saturated rings. The monoisotopic (exact) mass is 620 g/mol. The van der Waals surface area contributed by atoms with Gasteiger partial charge in [0.2, 0.25) is 0 Å². The first-order chi connectivity index (χ1) is 20.2. The fraction of sp³-hybridized carbons (Fsp3) is 0.242. The Morgan fingerprint density at radius 2 is 1.76 bits per heavy atom. The van der Waals surface area contributed by atoms with E-state index in [1.54, 1.807) is 30.5 Å². The first-order valence-electron chi connectivity index (χ1n) is 13.6. The SMILES string of the molecule is CCOC(=O)C1=C(C)N=c2s/c(=C\c3ccc(OCc4ccc(Cl)c(Cl)c4)cc3)c(=O)n2[C@H]1c1ccc(C(C)C)cc1. The average Bonchev–Trinajstić information content (AvgIpc) is 3.27. The van der Waals surface area contributed by atoms with Crippen molar-refractivity contribution in [3.8, 4) is 5.75 Å². The van der Waals surface area contributed by atoms with Crippen LogP contribution in [0.2, 0.25) is 10.0 Å². The Balaban J connectivity index is 1.48. The van der Waals surface area contributed by atoms with Gasteiger partial charge < -0.3 is 9.47 Å². The maximum absolute atomic E-state index is 13.8. The molecule has 0 saturated heterocycles. The number of nitrogens with zero attached hydrogens (tertiary/aromatic N) is 2. The summed E-state index contributed by atoms with van der Waals surface area (Å²) in [5.41, 5.74) is 4.44. The molecule has 5 rings (SSSR count). The molecule has 3 aromatic carbocycles. The first-order valence-corrected chi connectivity index (χ1v) is 15.2. The number of esters is 1. The summed E-state index contributed by atoms with van der Waals surface area (Å²) in [4.78, 5) is 32.2. The zero-order valence-corrected chi connectivity index (χ0v) is 26.0. The van der Waals surface area contributed by atoms with E-state index in [0.717, 1.165) is 16.7 Å². The summed E-state index contributed by atoms with van der Waals surface area (Å²) in [6, 6.07) is 20.3. The van der Waals surface area contributed by atoms with Gasteiger partial charge >= 0.3 is 5.97 Å². The molecule has 0 aliphatic carbocycles. The number of halogens is 2. The Bertz CT molecular complexity index is 1840. The lowest BCUT2D eigenvalue weighted by molar-refractivity contribution is -0.139. The molecule has 4 aromatic rings. The smallest absolute Gasteiger partial charge is 0.338 e. The average molecular weight is 622 g/mol. The minimum atomic E-state index is -0.638. The Morgan fingerprint density at radius 3 is 2.40 bits per heavy atom. The van der Waals surface area contributed by atoms with E-state index in [1.807, 2.05) is 60.7 Å². The normalized spacial score (nSPS) is 15.0. The van der Waals surface area contributed by atoms with Gasteiger partial charge in [0, 0.05) is 0 Å². The highest BCUT2D eigenvalue weighted by Gasteiger charge is 2.33. The van der Waals surface area contributed by atoms with Crippen molar-refractivity contribution >= 4 is 46.6 Å². The largest absolute Gasteiger partial charge is 0.489 e. The van der Waals surface area contributed by atoms with Crippen molar-refractivity contribution in [2.75, 3.05) is 6.61 Å². The highest BCUT2D eigenvalue weighted by molar-refractivity contribution is 7.07. The van der Waals surface area contributed by atoms with E-state index in [1.165, 1.54) is 16.9 Å². The van der Waals surface area contributed by atoms with Gasteiger partial charge in [-0.1, -0.05) is 90.9 Å². The van der Waals surface area contributed by atoms with E-state index >= 15 is 0 Å². The van der Waals surface area contributed by atoms with E-state index in [-0.39, 0.29) is 12.2 Å². The van der Waals surface area contributed by atoms with Gasteiger partial charge in [0.05, 0.1) is 38.5 Å². The number of ether oxygens (including phenoxy) is 2. The van der Waals surface area contributed by atoms with Crippen LogP contribution in [0.1, 0.15) is 61.9 Å². The number of carbonyl (C=O) groups excluding carboxylic acids is 1. The van der Waals surface area contributed by atoms with Crippen LogP contribution in [0.5, 0.6) is 5.75 Å². The van der Waals surface area contributed by atoms with Gasteiger partial charge in [-0.15, -0.1) is 0 Å². The lowest BCUT2D eigenvalue weighted by Crippen LogP contribution is -2.39. The van der Waals surface area contributed by atoms with Crippen LogP contribution in [0.3, 0.4) is 0 Å². The van der Waals surface area contributed by atoms with Crippen LogP contribution in [0.4, 0.5) is 0 Å². The lowest BCUT2D eigenvalue weighted by atomic mass is 9.93. The van der Waals surface area contributed by atoms with Gasteiger partial charge in [-0.25, -0.2) is 9.79 Å². The summed E-state index contributed by atoms with van der Waals surface area (Å²) < 4.78 is 13.4. The molecule has 1 atom stereocenters. The Labute approximate surface area is 258 Å². The molecule has 42 heavy (non-hydrogen) atoms. The van der Waals surface area contributed by atoms with Crippen LogP contribution in [0.25, 0.3) is 6.08 Å². The fourth-order valence-corrected chi connectivity index (χ4v) is 6.15. The van der Waals surface area contributed by atoms with Crippen molar-refractivity contribution in [1.82, 2.24) is 4.57 Å². The van der Waals surface area contributed by atoms with Gasteiger partial charge in [-0.3, -0.25) is 9.36 Å². The van der Waals surface area contributed by atoms with Crippen LogP contribution in [-0.2, 0) is 16.1 Å². The van der Waals surface area contributed by atoms with Gasteiger partial charge in [0.15, 0.2) is 4.80 Å². The summed E-state index contributed by atoms with van der Waals surface area (Å²) in [6.07, 6.45) is 1.83. The molecule has 0 saturated carbocycles. The minimum Gasteiger partial charge on any atom is -0.489 e. The third kappa shape index (κ3) is 6.24. The summed E-state index contributed by atoms with van der Waals surface area (Å²) in [5.74, 6) is 0.567. The summed E-state index contributed by atoms with van der Waals surface area (Å²) in [6.45, 7) is 8.37. The molecule has 0 N–H and O–H groups in total. The van der Waals surface area contributed by atoms with Crippen molar-refractivity contribution in [3.63, 3.8) is 0 Å². The van der Waals surface area contributed by atoms with Crippen LogP contribution >= 0.6 is 34.5 Å². The van der Waals surface area contributed by atoms with Crippen LogP contribution in [-0.4, -0.2) is 17.1 Å². The zero-order chi connectivity index (χ0) is 30.0. The van der Waals surface area contributed by atoms with Crippen molar-refractivity contribution in [1.29, 1.82) is 0 Å². The molecule has 1 aromatic heterocycles. The molecule has 0 radical (unpaired) electrons. The fourth-order valence-electron chi connectivity index (χ4n) is 4.78. The Kier molecular flexibility index (Phi) is 9.02. The standard InChI is InChI=1S/C33H30Cl2N2O4S/c1-5-40-32(39)29-20(4)36-33-37(30(29)24-11-9-23(10-12-24)19(2)3)31(38)28(42-33)17-21-6-13-25(14-7-21)41-18-22-8-15-26(34)27(35)16-22/h6-17,19,30H,5,18H2,1-4H3/b28-17-/t30-/m0/s1. The molecule has 1 aliphatic heterocycles.